The van der Waals surface area contributed by atoms with Crippen LogP contribution in [-0.4, -0.2) is 42.4 Å². The van der Waals surface area contributed by atoms with E-state index < -0.39 is 0 Å². The van der Waals surface area contributed by atoms with Crippen molar-refractivity contribution in [2.45, 2.75) is 13.3 Å². The number of amides is 1. The number of H-pyrrole nitrogens is 1. The molecule has 0 saturated heterocycles. The van der Waals surface area contributed by atoms with Crippen LogP contribution in [0, 0.1) is 6.92 Å². The van der Waals surface area contributed by atoms with Gasteiger partial charge in [0, 0.05) is 42.8 Å². The number of anilines is 2. The number of carbonyl (C=O) groups excluding carboxylic acids is 1. The Labute approximate surface area is 206 Å². The number of hydrogen-bond donors (Lipinski definition) is 3. The van der Waals surface area contributed by atoms with Gasteiger partial charge < -0.3 is 10.6 Å². The van der Waals surface area contributed by atoms with E-state index in [0.717, 1.165) is 27.7 Å². The number of benzene rings is 2. The molecule has 5 rings (SSSR count). The summed E-state index contributed by atoms with van der Waals surface area (Å²) in [6.45, 7) is 2.41. The van der Waals surface area contributed by atoms with Crippen molar-refractivity contribution in [2.75, 3.05) is 17.2 Å². The van der Waals surface area contributed by atoms with Crippen LogP contribution in [0.15, 0.2) is 61.1 Å². The number of nitrogens with zero attached hydrogens (tertiary/aromatic N) is 5. The van der Waals surface area contributed by atoms with Gasteiger partial charge in [0.2, 0.25) is 5.91 Å². The Kier molecular flexibility index (Phi) is 6.15. The fraction of sp³-hybridized carbons (Fsp3) is 0.160. The summed E-state index contributed by atoms with van der Waals surface area (Å²) < 4.78 is 1.71. The monoisotopic (exact) mass is 486 g/mol. The average molecular weight is 487 g/mol. The van der Waals surface area contributed by atoms with E-state index in [-0.39, 0.29) is 12.3 Å². The van der Waals surface area contributed by atoms with Crippen molar-refractivity contribution in [3.63, 3.8) is 0 Å². The Hall–Kier alpha value is -4.24. The second kappa shape index (κ2) is 9.55. The zero-order valence-electron chi connectivity index (χ0n) is 19.2. The van der Waals surface area contributed by atoms with E-state index in [1.165, 1.54) is 0 Å². The number of fused-ring (bicyclic) bond motifs is 1. The lowest BCUT2D eigenvalue weighted by Crippen LogP contribution is -2.16. The maximum atomic E-state index is 12.3. The van der Waals surface area contributed by atoms with E-state index in [2.05, 4.69) is 30.9 Å². The number of nitrogens with one attached hydrogen (secondary N) is 3. The smallest absolute Gasteiger partial charge is 0.226 e. The van der Waals surface area contributed by atoms with Crippen LogP contribution in [0.1, 0.15) is 12.0 Å². The first kappa shape index (κ1) is 22.5. The minimum absolute atomic E-state index is 0.0843. The molecule has 0 unspecified atom stereocenters. The number of halogens is 1. The van der Waals surface area contributed by atoms with Gasteiger partial charge in [-0.15, -0.1) is 0 Å². The van der Waals surface area contributed by atoms with Crippen molar-refractivity contribution < 1.29 is 4.79 Å². The van der Waals surface area contributed by atoms with Crippen LogP contribution in [-0.2, 0) is 11.8 Å². The molecule has 2 aromatic carbocycles. The van der Waals surface area contributed by atoms with Gasteiger partial charge in [0.25, 0.3) is 0 Å². The van der Waals surface area contributed by atoms with E-state index in [1.54, 1.807) is 17.1 Å². The lowest BCUT2D eigenvalue weighted by atomic mass is 10.1. The highest BCUT2D eigenvalue weighted by Crippen LogP contribution is 2.33. The highest BCUT2D eigenvalue weighted by atomic mass is 35.5. The highest BCUT2D eigenvalue weighted by Gasteiger charge is 2.17. The van der Waals surface area contributed by atoms with Gasteiger partial charge in [-0.2, -0.15) is 10.2 Å². The van der Waals surface area contributed by atoms with Gasteiger partial charge in [-0.05, 0) is 37.3 Å². The van der Waals surface area contributed by atoms with Crippen molar-refractivity contribution in [2.24, 2.45) is 7.05 Å². The summed E-state index contributed by atoms with van der Waals surface area (Å²) in [6, 6.07) is 13.4. The standard InChI is InChI=1S/C25H23ClN8O/c1-15-3-5-18(6-4-15)30-22(35)7-9-27-21-14-28-24(25(31-21)20-8-10-34(2)33-20)16-11-17-13-29-32-23(17)19(26)12-16/h3-6,8,10-14H,7,9H2,1-2H3,(H,27,31)(H,29,32)(H,30,35). The number of carbonyl (C=O) groups is 1. The quantitative estimate of drug-likeness (QED) is 0.304. The fourth-order valence-corrected chi connectivity index (χ4v) is 3.99. The number of hydrogen-bond acceptors (Lipinski definition) is 6. The zero-order valence-corrected chi connectivity index (χ0v) is 20.0. The van der Waals surface area contributed by atoms with Crippen LogP contribution in [0.5, 0.6) is 0 Å². The summed E-state index contributed by atoms with van der Waals surface area (Å²) >= 11 is 6.46. The fourth-order valence-electron chi connectivity index (χ4n) is 3.72. The van der Waals surface area contributed by atoms with Crippen LogP contribution in [0.4, 0.5) is 11.5 Å². The third-order valence-electron chi connectivity index (χ3n) is 5.50. The van der Waals surface area contributed by atoms with E-state index in [1.807, 2.05) is 62.6 Å². The maximum Gasteiger partial charge on any atom is 0.226 e. The third-order valence-corrected chi connectivity index (χ3v) is 5.79. The molecule has 0 spiro atoms. The third kappa shape index (κ3) is 4.99. The average Bonchev–Trinajstić information content (AvgIpc) is 3.50. The molecule has 3 N–H and O–H groups in total. The molecule has 0 aliphatic rings. The molecule has 0 aliphatic carbocycles. The second-order valence-corrected chi connectivity index (χ2v) is 8.62. The Morgan fingerprint density at radius 3 is 2.71 bits per heavy atom. The first-order chi connectivity index (χ1) is 17.0. The van der Waals surface area contributed by atoms with Crippen LogP contribution in [0.3, 0.4) is 0 Å². The molecule has 1 amide bonds. The van der Waals surface area contributed by atoms with Gasteiger partial charge >= 0.3 is 0 Å². The van der Waals surface area contributed by atoms with E-state index >= 15 is 0 Å². The molecule has 0 atom stereocenters. The van der Waals surface area contributed by atoms with Gasteiger partial charge in [-0.1, -0.05) is 29.3 Å². The maximum absolute atomic E-state index is 12.3. The van der Waals surface area contributed by atoms with Gasteiger partial charge in [0.1, 0.15) is 17.2 Å². The van der Waals surface area contributed by atoms with Crippen LogP contribution >= 0.6 is 11.6 Å². The molecule has 35 heavy (non-hydrogen) atoms. The Bertz CT molecular complexity index is 1510. The molecule has 176 valence electrons. The normalized spacial score (nSPS) is 11.1. The van der Waals surface area contributed by atoms with Gasteiger partial charge in [-0.25, -0.2) is 4.98 Å². The van der Waals surface area contributed by atoms with Crippen LogP contribution in [0.2, 0.25) is 5.02 Å². The van der Waals surface area contributed by atoms with Crippen molar-refractivity contribution in [3.05, 3.63) is 71.6 Å². The largest absolute Gasteiger partial charge is 0.368 e. The number of aromatic amines is 1. The van der Waals surface area contributed by atoms with Gasteiger partial charge in [0.05, 0.1) is 28.6 Å². The van der Waals surface area contributed by atoms with Crippen LogP contribution in [0.25, 0.3) is 33.5 Å². The second-order valence-electron chi connectivity index (χ2n) is 8.21. The minimum atomic E-state index is -0.0843. The van der Waals surface area contributed by atoms with E-state index in [0.29, 0.717) is 34.5 Å². The highest BCUT2D eigenvalue weighted by molar-refractivity contribution is 6.35. The molecule has 0 radical (unpaired) electrons. The Balaban J connectivity index is 1.36. The van der Waals surface area contributed by atoms with Gasteiger partial charge in [-0.3, -0.25) is 19.6 Å². The summed E-state index contributed by atoms with van der Waals surface area (Å²) in [5.74, 6) is 0.465. The van der Waals surface area contributed by atoms with Crippen molar-refractivity contribution in [1.82, 2.24) is 29.9 Å². The molecular weight excluding hydrogens is 464 g/mol. The lowest BCUT2D eigenvalue weighted by molar-refractivity contribution is -0.115. The summed E-state index contributed by atoms with van der Waals surface area (Å²) in [7, 11) is 1.85. The first-order valence-electron chi connectivity index (χ1n) is 11.1. The summed E-state index contributed by atoms with van der Waals surface area (Å²) in [4.78, 5) is 21.8. The first-order valence-corrected chi connectivity index (χ1v) is 11.4. The molecule has 3 heterocycles. The topological polar surface area (TPSA) is 113 Å². The molecular formula is C25H23ClN8O. The molecule has 0 aliphatic heterocycles. The van der Waals surface area contributed by atoms with Crippen molar-refractivity contribution in [1.29, 1.82) is 0 Å². The molecule has 9 nitrogen and oxygen atoms in total. The molecule has 10 heteroatoms. The van der Waals surface area contributed by atoms with Gasteiger partial charge in [0.15, 0.2) is 0 Å². The number of rotatable bonds is 7. The molecule has 3 aromatic heterocycles. The minimum Gasteiger partial charge on any atom is -0.368 e. The van der Waals surface area contributed by atoms with Crippen LogP contribution < -0.4 is 10.6 Å². The number of aryl methyl sites for hydroxylation is 2. The lowest BCUT2D eigenvalue weighted by Gasteiger charge is -2.11. The molecule has 0 fully saturated rings. The van der Waals surface area contributed by atoms with E-state index in [9.17, 15) is 4.79 Å². The predicted molar refractivity (Wildman–Crippen MR) is 137 cm³/mol. The van der Waals surface area contributed by atoms with E-state index in [4.69, 9.17) is 16.6 Å². The molecule has 0 saturated carbocycles. The Morgan fingerprint density at radius 2 is 1.94 bits per heavy atom. The summed E-state index contributed by atoms with van der Waals surface area (Å²) in [5, 5.41) is 19.0. The predicted octanol–water partition coefficient (Wildman–Crippen LogP) is 4.82. The SMILES string of the molecule is Cc1ccc(NC(=O)CCNc2cnc(-c3cc(Cl)c4[nH]ncc4c3)c(-c3ccn(C)n3)n2)cc1. The summed E-state index contributed by atoms with van der Waals surface area (Å²) in [5.41, 5.74) is 5.43. The summed E-state index contributed by atoms with van der Waals surface area (Å²) in [6.07, 6.45) is 5.49. The zero-order chi connectivity index (χ0) is 24.4. The number of aromatic nitrogens is 6. The van der Waals surface area contributed by atoms with Crippen molar-refractivity contribution in [3.8, 4) is 22.6 Å². The molecule has 0 bridgehead atoms. The van der Waals surface area contributed by atoms with Crippen molar-refractivity contribution >= 4 is 39.9 Å². The molecule has 5 aromatic rings. The Morgan fingerprint density at radius 1 is 1.11 bits per heavy atom.